The minimum atomic E-state index is -0.236. The summed E-state index contributed by atoms with van der Waals surface area (Å²) in [6.07, 6.45) is 0.859. The summed E-state index contributed by atoms with van der Waals surface area (Å²) >= 11 is 0. The molecule has 0 fully saturated rings. The quantitative estimate of drug-likeness (QED) is 0.407. The first-order valence-electron chi connectivity index (χ1n) is 11.7. The maximum Gasteiger partial charge on any atom is 0.252 e. The number of aromatic amines is 1. The fourth-order valence-electron chi connectivity index (χ4n) is 4.02. The monoisotopic (exact) mass is 460 g/mol. The van der Waals surface area contributed by atoms with Gasteiger partial charge in [-0.2, -0.15) is 0 Å². The average Bonchev–Trinajstić information content (AvgIpc) is 3.28. The highest BCUT2D eigenvalue weighted by Crippen LogP contribution is 2.21. The van der Waals surface area contributed by atoms with Gasteiger partial charge < -0.3 is 9.72 Å². The Balaban J connectivity index is 1.63. The second-order valence-corrected chi connectivity index (χ2v) is 9.43. The molecule has 2 aromatic carbocycles. The highest BCUT2D eigenvalue weighted by molar-refractivity contribution is 5.80. The normalized spacial score (nSPS) is 11.9. The molecule has 4 rings (SSSR count). The predicted molar refractivity (Wildman–Crippen MR) is 133 cm³/mol. The number of pyridine rings is 1. The number of nitrogens with one attached hydrogen (secondary N) is 1. The van der Waals surface area contributed by atoms with Crippen LogP contribution in [0.4, 0.5) is 0 Å². The number of ether oxygens (including phenoxy) is 1. The molecule has 0 bridgehead atoms. The smallest absolute Gasteiger partial charge is 0.252 e. The van der Waals surface area contributed by atoms with Gasteiger partial charge >= 0.3 is 0 Å². The predicted octanol–water partition coefficient (Wildman–Crippen LogP) is 3.91. The highest BCUT2D eigenvalue weighted by Gasteiger charge is 2.22. The van der Waals surface area contributed by atoms with Crippen molar-refractivity contribution in [2.24, 2.45) is 0 Å². The van der Waals surface area contributed by atoms with Crippen molar-refractivity contribution in [2.75, 3.05) is 13.2 Å². The van der Waals surface area contributed by atoms with Crippen LogP contribution in [0.3, 0.4) is 0 Å². The van der Waals surface area contributed by atoms with E-state index in [0.717, 1.165) is 35.4 Å². The van der Waals surface area contributed by atoms with E-state index in [2.05, 4.69) is 58.3 Å². The molecule has 0 aliphatic heterocycles. The van der Waals surface area contributed by atoms with Gasteiger partial charge in [0.05, 0.1) is 18.7 Å². The Bertz CT molecular complexity index is 1290. The van der Waals surface area contributed by atoms with Crippen LogP contribution in [0.2, 0.25) is 0 Å². The molecule has 0 saturated heterocycles. The van der Waals surface area contributed by atoms with Crippen molar-refractivity contribution in [3.8, 4) is 5.75 Å². The number of H-pyrrole nitrogens is 1. The molecule has 178 valence electrons. The molecule has 0 unspecified atom stereocenters. The molecule has 0 spiro atoms. The summed E-state index contributed by atoms with van der Waals surface area (Å²) in [5, 5.41) is 13.3. The zero-order chi connectivity index (χ0) is 24.1. The Hall–Kier alpha value is -3.52. The van der Waals surface area contributed by atoms with Crippen LogP contribution in [0.15, 0.2) is 59.4 Å². The van der Waals surface area contributed by atoms with Gasteiger partial charge in [0, 0.05) is 29.6 Å². The molecule has 8 nitrogen and oxygen atoms in total. The minimum Gasteiger partial charge on any atom is -0.494 e. The number of nitrogens with zero attached hydrogens (tertiary/aromatic N) is 5. The third-order valence-electron chi connectivity index (χ3n) is 5.69. The third-order valence-corrected chi connectivity index (χ3v) is 5.69. The lowest BCUT2D eigenvalue weighted by molar-refractivity contribution is 0.234. The van der Waals surface area contributed by atoms with Crippen LogP contribution in [0, 0.1) is 0 Å². The van der Waals surface area contributed by atoms with Gasteiger partial charge in [-0.05, 0) is 74.4 Å². The first-order valence-corrected chi connectivity index (χ1v) is 11.7. The summed E-state index contributed by atoms with van der Waals surface area (Å²) < 4.78 is 7.49. The molecule has 0 aliphatic rings. The van der Waals surface area contributed by atoms with Crippen LogP contribution < -0.4 is 10.3 Å². The van der Waals surface area contributed by atoms with Crippen molar-refractivity contribution in [1.29, 1.82) is 0 Å². The minimum absolute atomic E-state index is 0.0863. The number of fused-ring (bicyclic) bond motifs is 1. The molecule has 0 aliphatic carbocycles. The first kappa shape index (κ1) is 23.6. The van der Waals surface area contributed by atoms with Crippen molar-refractivity contribution in [3.63, 3.8) is 0 Å². The van der Waals surface area contributed by atoms with Crippen molar-refractivity contribution >= 4 is 10.9 Å². The topological polar surface area (TPSA) is 88.9 Å². The number of benzene rings is 2. The zero-order valence-electron chi connectivity index (χ0n) is 20.3. The molecule has 8 heteroatoms. The maximum atomic E-state index is 12.9. The van der Waals surface area contributed by atoms with Crippen LogP contribution in [-0.2, 0) is 25.0 Å². The van der Waals surface area contributed by atoms with E-state index in [-0.39, 0.29) is 11.1 Å². The molecule has 0 radical (unpaired) electrons. The van der Waals surface area contributed by atoms with E-state index in [1.807, 2.05) is 54.1 Å². The van der Waals surface area contributed by atoms with Gasteiger partial charge in [-0.25, -0.2) is 4.68 Å². The largest absolute Gasteiger partial charge is 0.494 e. The van der Waals surface area contributed by atoms with Crippen molar-refractivity contribution in [2.45, 2.75) is 52.7 Å². The Morgan fingerprint density at radius 3 is 2.59 bits per heavy atom. The van der Waals surface area contributed by atoms with Gasteiger partial charge in [0.1, 0.15) is 5.75 Å². The summed E-state index contributed by atoms with van der Waals surface area (Å²) in [5.74, 6) is 1.56. The van der Waals surface area contributed by atoms with Crippen molar-refractivity contribution < 1.29 is 4.74 Å². The molecule has 4 aromatic rings. The fourth-order valence-corrected chi connectivity index (χ4v) is 4.02. The molecule has 0 saturated carbocycles. The lowest BCUT2D eigenvalue weighted by atomic mass is 10.1. The molecule has 2 aromatic heterocycles. The second kappa shape index (κ2) is 10.2. The molecular formula is C26H32N6O2. The summed E-state index contributed by atoms with van der Waals surface area (Å²) in [5.41, 5.74) is 2.42. The highest BCUT2D eigenvalue weighted by atomic mass is 16.5. The van der Waals surface area contributed by atoms with E-state index in [4.69, 9.17) is 4.74 Å². The second-order valence-electron chi connectivity index (χ2n) is 9.43. The van der Waals surface area contributed by atoms with E-state index >= 15 is 0 Å². The maximum absolute atomic E-state index is 12.9. The van der Waals surface area contributed by atoms with E-state index in [1.54, 1.807) is 0 Å². The molecule has 0 atom stereocenters. The number of aromatic nitrogens is 5. The number of hydrogen-bond acceptors (Lipinski definition) is 6. The van der Waals surface area contributed by atoms with Gasteiger partial charge in [-0.3, -0.25) is 9.69 Å². The lowest BCUT2D eigenvalue weighted by Gasteiger charge is -2.25. The Kier molecular flexibility index (Phi) is 7.07. The Morgan fingerprint density at radius 1 is 1.06 bits per heavy atom. The number of rotatable bonds is 9. The van der Waals surface area contributed by atoms with E-state index in [9.17, 15) is 4.79 Å². The molecule has 34 heavy (non-hydrogen) atoms. The molecular weight excluding hydrogens is 428 g/mol. The SMILES string of the molecule is CCOc1ccc2[nH]c(=O)c(CN(CCc3ccccc3)Cc3nnnn3C(C)(C)C)cc2c1. The van der Waals surface area contributed by atoms with E-state index in [1.165, 1.54) is 5.56 Å². The average molecular weight is 461 g/mol. The van der Waals surface area contributed by atoms with Crippen LogP contribution in [0.5, 0.6) is 5.75 Å². The zero-order valence-corrected chi connectivity index (χ0v) is 20.3. The number of hydrogen-bond donors (Lipinski definition) is 1. The summed E-state index contributed by atoms with van der Waals surface area (Å²) in [6.45, 7) is 10.6. The van der Waals surface area contributed by atoms with E-state index in [0.29, 0.717) is 25.3 Å². The van der Waals surface area contributed by atoms with Crippen LogP contribution in [0.25, 0.3) is 10.9 Å². The van der Waals surface area contributed by atoms with Crippen LogP contribution in [0.1, 0.15) is 44.6 Å². The van der Waals surface area contributed by atoms with E-state index < -0.39 is 0 Å². The van der Waals surface area contributed by atoms with Gasteiger partial charge in [0.15, 0.2) is 5.82 Å². The standard InChI is InChI=1S/C26H32N6O2/c1-5-34-22-11-12-23-20(16-22)15-21(25(33)27-23)17-31(14-13-19-9-7-6-8-10-19)18-24-28-29-30-32(24)26(2,3)4/h6-12,15-16H,5,13-14,17-18H2,1-4H3,(H,27,33). The summed E-state index contributed by atoms with van der Waals surface area (Å²) in [7, 11) is 0. The van der Waals surface area contributed by atoms with Gasteiger partial charge in [-0.1, -0.05) is 30.3 Å². The molecule has 1 N–H and O–H groups in total. The molecule has 0 amide bonds. The first-order chi connectivity index (χ1) is 16.3. The summed E-state index contributed by atoms with van der Waals surface area (Å²) in [4.78, 5) is 18.2. The molecule has 2 heterocycles. The fraction of sp³-hybridized carbons (Fsp3) is 0.385. The van der Waals surface area contributed by atoms with Gasteiger partial charge in [0.2, 0.25) is 0 Å². The van der Waals surface area contributed by atoms with Crippen LogP contribution >= 0.6 is 0 Å². The lowest BCUT2D eigenvalue weighted by Crippen LogP contribution is -2.32. The third kappa shape index (κ3) is 5.69. The Morgan fingerprint density at radius 2 is 1.85 bits per heavy atom. The van der Waals surface area contributed by atoms with Crippen LogP contribution in [-0.4, -0.2) is 43.2 Å². The van der Waals surface area contributed by atoms with Gasteiger partial charge in [0.25, 0.3) is 5.56 Å². The van der Waals surface area contributed by atoms with Crippen molar-refractivity contribution in [3.05, 3.63) is 81.9 Å². The number of tetrazole rings is 1. The van der Waals surface area contributed by atoms with Crippen molar-refractivity contribution in [1.82, 2.24) is 30.1 Å². The Labute approximate surface area is 199 Å². The summed E-state index contributed by atoms with van der Waals surface area (Å²) in [6, 6.07) is 18.0. The van der Waals surface area contributed by atoms with Gasteiger partial charge in [-0.15, -0.1) is 5.10 Å².